The summed E-state index contributed by atoms with van der Waals surface area (Å²) in [5.74, 6) is -0.213. The number of benzene rings is 2. The highest BCUT2D eigenvalue weighted by molar-refractivity contribution is 5.94. The third-order valence-corrected chi connectivity index (χ3v) is 7.47. The first-order valence-corrected chi connectivity index (χ1v) is 13.9. The average molecular weight is 549 g/mol. The van der Waals surface area contributed by atoms with Crippen LogP contribution in [-0.2, 0) is 22.6 Å². The van der Waals surface area contributed by atoms with Gasteiger partial charge in [0.25, 0.3) is 5.56 Å². The molecular weight excluding hydrogens is 508 g/mol. The first-order chi connectivity index (χ1) is 19.2. The Labute approximate surface area is 234 Å². The van der Waals surface area contributed by atoms with E-state index in [1.54, 1.807) is 23.1 Å². The van der Waals surface area contributed by atoms with Crippen molar-refractivity contribution in [3.05, 3.63) is 70.8 Å². The van der Waals surface area contributed by atoms with Crippen molar-refractivity contribution in [1.29, 1.82) is 0 Å². The molecule has 1 fully saturated rings. The molecule has 0 bridgehead atoms. The smallest absolute Gasteiger partial charge is 0.261 e. The third-order valence-electron chi connectivity index (χ3n) is 7.47. The van der Waals surface area contributed by atoms with Crippen LogP contribution in [0.2, 0.25) is 0 Å². The van der Waals surface area contributed by atoms with Crippen LogP contribution in [-0.4, -0.2) is 82.1 Å². The molecule has 214 valence electrons. The second kappa shape index (κ2) is 13.2. The summed E-state index contributed by atoms with van der Waals surface area (Å²) in [6.45, 7) is 1.73. The van der Waals surface area contributed by atoms with Gasteiger partial charge in [-0.3, -0.25) is 19.0 Å². The maximum Gasteiger partial charge on any atom is 0.261 e. The largest absolute Gasteiger partial charge is 0.388 e. The Bertz CT molecular complexity index is 1370. The fourth-order valence-electron chi connectivity index (χ4n) is 5.29. The van der Waals surface area contributed by atoms with Crippen LogP contribution in [0.3, 0.4) is 0 Å². The van der Waals surface area contributed by atoms with Crippen molar-refractivity contribution < 1.29 is 14.7 Å². The van der Waals surface area contributed by atoms with Gasteiger partial charge in [0.2, 0.25) is 11.8 Å². The summed E-state index contributed by atoms with van der Waals surface area (Å²) in [6.07, 6.45) is 4.35. The van der Waals surface area contributed by atoms with Gasteiger partial charge in [0.15, 0.2) is 0 Å². The topological polar surface area (TPSA) is 134 Å². The lowest BCUT2D eigenvalue weighted by molar-refractivity contribution is -0.140. The van der Waals surface area contributed by atoms with Crippen LogP contribution in [0.1, 0.15) is 31.2 Å². The fourth-order valence-corrected chi connectivity index (χ4v) is 5.29. The van der Waals surface area contributed by atoms with Gasteiger partial charge >= 0.3 is 0 Å². The molecule has 2 heterocycles. The number of aliphatic hydroxyl groups is 1. The molecule has 10 nitrogen and oxygen atoms in total. The number of likely N-dealkylation sites (tertiary alicyclic amines) is 1. The number of likely N-dealkylation sites (N-methyl/N-ethyl adjacent to an activating group) is 1. The Morgan fingerprint density at radius 1 is 1.15 bits per heavy atom. The van der Waals surface area contributed by atoms with Crippen LogP contribution in [0.4, 0.5) is 5.69 Å². The molecular formula is C30H40N6O4. The first-order valence-electron chi connectivity index (χ1n) is 13.9. The van der Waals surface area contributed by atoms with E-state index in [0.29, 0.717) is 55.5 Å². The van der Waals surface area contributed by atoms with E-state index < -0.39 is 5.60 Å². The number of hydrogen-bond donors (Lipinski definition) is 3. The maximum atomic E-state index is 13.4. The van der Waals surface area contributed by atoms with Gasteiger partial charge in [-0.15, -0.1) is 0 Å². The average Bonchev–Trinajstić information content (AvgIpc) is 2.93. The SMILES string of the molecule is CN(C)CC(=O)Nc1ccc2c(=O)n(CC3(O)CCN(C(=O)C(CCCN)Cc4ccccc4)CC3)cnc2c1. The Kier molecular flexibility index (Phi) is 9.67. The van der Waals surface area contributed by atoms with Gasteiger partial charge in [0, 0.05) is 24.7 Å². The highest BCUT2D eigenvalue weighted by Crippen LogP contribution is 2.27. The molecule has 10 heteroatoms. The molecule has 1 unspecified atom stereocenters. The number of carbonyl (C=O) groups excluding carboxylic acids is 2. The minimum atomic E-state index is -1.12. The van der Waals surface area contributed by atoms with E-state index in [0.717, 1.165) is 18.4 Å². The second-order valence-corrected chi connectivity index (χ2v) is 11.1. The number of anilines is 1. The lowest BCUT2D eigenvalue weighted by Crippen LogP contribution is -2.51. The van der Waals surface area contributed by atoms with Gasteiger partial charge in [-0.2, -0.15) is 0 Å². The van der Waals surface area contributed by atoms with Crippen LogP contribution < -0.4 is 16.6 Å². The summed E-state index contributed by atoms with van der Waals surface area (Å²) in [5, 5.41) is 14.6. The van der Waals surface area contributed by atoms with Gasteiger partial charge in [-0.05, 0) is 76.5 Å². The summed E-state index contributed by atoms with van der Waals surface area (Å²) in [5.41, 5.74) is 6.52. The maximum absolute atomic E-state index is 13.4. The standard InChI is InChI=1S/C30H40N6O4/c1-34(2)19-27(37)33-24-10-11-25-26(18-24)32-21-36(29(25)39)20-30(40)12-15-35(16-13-30)28(38)23(9-6-14-31)17-22-7-4-3-5-8-22/h3-5,7-8,10-11,18,21,23,40H,6,9,12-17,19-20,31H2,1-2H3,(H,33,37). The van der Waals surface area contributed by atoms with Gasteiger partial charge in [0.1, 0.15) is 0 Å². The van der Waals surface area contributed by atoms with Crippen molar-refractivity contribution in [2.75, 3.05) is 45.6 Å². The third kappa shape index (κ3) is 7.53. The summed E-state index contributed by atoms with van der Waals surface area (Å²) in [6, 6.07) is 15.0. The number of amides is 2. The van der Waals surface area contributed by atoms with Gasteiger partial charge in [-0.1, -0.05) is 30.3 Å². The number of piperidine rings is 1. The molecule has 40 heavy (non-hydrogen) atoms. The molecule has 0 radical (unpaired) electrons. The summed E-state index contributed by atoms with van der Waals surface area (Å²) < 4.78 is 1.43. The molecule has 0 aliphatic carbocycles. The van der Waals surface area contributed by atoms with Crippen molar-refractivity contribution in [2.45, 2.75) is 44.2 Å². The number of nitrogens with two attached hydrogens (primary N) is 1. The lowest BCUT2D eigenvalue weighted by Gasteiger charge is -2.39. The Morgan fingerprint density at radius 3 is 2.55 bits per heavy atom. The molecule has 0 spiro atoms. The van der Waals surface area contributed by atoms with E-state index in [1.807, 2.05) is 49.3 Å². The Morgan fingerprint density at radius 2 is 1.88 bits per heavy atom. The number of nitrogens with zero attached hydrogens (tertiary/aromatic N) is 4. The van der Waals surface area contributed by atoms with Crippen LogP contribution in [0.5, 0.6) is 0 Å². The molecule has 1 aliphatic heterocycles. The van der Waals surface area contributed by atoms with E-state index >= 15 is 0 Å². The second-order valence-electron chi connectivity index (χ2n) is 11.1. The summed E-state index contributed by atoms with van der Waals surface area (Å²) in [4.78, 5) is 46.7. The highest BCUT2D eigenvalue weighted by atomic mass is 16.3. The number of fused-ring (bicyclic) bond motifs is 1. The summed E-state index contributed by atoms with van der Waals surface area (Å²) in [7, 11) is 3.62. The molecule has 3 aromatic rings. The molecule has 1 aromatic heterocycles. The van der Waals surface area contributed by atoms with E-state index in [-0.39, 0.29) is 36.4 Å². The summed E-state index contributed by atoms with van der Waals surface area (Å²) >= 11 is 0. The first kappa shape index (κ1) is 29.4. The van der Waals surface area contributed by atoms with Crippen LogP contribution in [0.25, 0.3) is 10.9 Å². The van der Waals surface area contributed by atoms with Gasteiger partial charge < -0.3 is 26.0 Å². The normalized spacial score (nSPS) is 15.8. The zero-order valence-corrected chi connectivity index (χ0v) is 23.4. The predicted molar refractivity (Wildman–Crippen MR) is 156 cm³/mol. The monoisotopic (exact) mass is 548 g/mol. The van der Waals surface area contributed by atoms with Crippen molar-refractivity contribution in [2.24, 2.45) is 11.7 Å². The Balaban J connectivity index is 1.40. The number of carbonyl (C=O) groups is 2. The van der Waals surface area contributed by atoms with Crippen LogP contribution in [0, 0.1) is 5.92 Å². The van der Waals surface area contributed by atoms with Gasteiger partial charge in [0.05, 0.1) is 35.9 Å². The van der Waals surface area contributed by atoms with Crippen molar-refractivity contribution in [1.82, 2.24) is 19.4 Å². The van der Waals surface area contributed by atoms with Crippen molar-refractivity contribution in [3.8, 4) is 0 Å². The zero-order chi connectivity index (χ0) is 28.7. The van der Waals surface area contributed by atoms with E-state index in [9.17, 15) is 19.5 Å². The van der Waals surface area contributed by atoms with E-state index in [4.69, 9.17) is 5.73 Å². The van der Waals surface area contributed by atoms with Crippen LogP contribution >= 0.6 is 0 Å². The molecule has 4 N–H and O–H groups in total. The van der Waals surface area contributed by atoms with Crippen molar-refractivity contribution in [3.63, 3.8) is 0 Å². The number of nitrogens with one attached hydrogen (secondary N) is 1. The number of aromatic nitrogens is 2. The molecule has 4 rings (SSSR count). The van der Waals surface area contributed by atoms with E-state index in [2.05, 4.69) is 10.3 Å². The number of rotatable bonds is 11. The predicted octanol–water partition coefficient (Wildman–Crippen LogP) is 1.85. The minimum absolute atomic E-state index is 0.0948. The lowest BCUT2D eigenvalue weighted by atomic mass is 9.88. The number of hydrogen-bond acceptors (Lipinski definition) is 7. The molecule has 1 saturated heterocycles. The Hall–Kier alpha value is -3.60. The van der Waals surface area contributed by atoms with E-state index in [1.165, 1.54) is 10.9 Å². The zero-order valence-electron chi connectivity index (χ0n) is 23.4. The molecule has 0 saturated carbocycles. The molecule has 1 atom stereocenters. The quantitative estimate of drug-likeness (QED) is 0.333. The minimum Gasteiger partial charge on any atom is -0.388 e. The molecule has 2 aromatic carbocycles. The van der Waals surface area contributed by atoms with Gasteiger partial charge in [-0.25, -0.2) is 4.98 Å². The molecule has 2 amide bonds. The molecule has 1 aliphatic rings. The van der Waals surface area contributed by atoms with Crippen LogP contribution in [0.15, 0.2) is 59.7 Å². The fraction of sp³-hybridized carbons (Fsp3) is 0.467. The van der Waals surface area contributed by atoms with Crippen molar-refractivity contribution >= 4 is 28.4 Å². The highest BCUT2D eigenvalue weighted by Gasteiger charge is 2.36.